The molecule has 0 saturated carbocycles. The number of halogens is 1. The maximum absolute atomic E-state index is 10.1. The lowest BCUT2D eigenvalue weighted by molar-refractivity contribution is -0.402. The molecule has 0 saturated heterocycles. The molecule has 0 atom stereocenters. The molecule has 5 nitrogen and oxygen atoms in total. The van der Waals surface area contributed by atoms with Crippen LogP contribution >= 0.6 is 24.2 Å². The second-order valence-corrected chi connectivity index (χ2v) is 3.96. The maximum atomic E-state index is 10.1. The third-order valence-electron chi connectivity index (χ3n) is 1.68. The zero-order chi connectivity index (χ0) is 12.0. The topological polar surface area (TPSA) is 68.1 Å². The Balaban J connectivity index is 2.36. The van der Waals surface area contributed by atoms with Crippen LogP contribution in [0.5, 0.6) is 0 Å². The van der Waals surface area contributed by atoms with Crippen LogP contribution in [-0.4, -0.2) is 16.5 Å². The largest absolute Gasteiger partial charge is 0.308 e. The number of thiol groups is 1. The number of hydrogen-bond donors (Lipinski definition) is 2. The van der Waals surface area contributed by atoms with Crippen molar-refractivity contribution in [3.8, 4) is 0 Å². The molecule has 16 heavy (non-hydrogen) atoms. The van der Waals surface area contributed by atoms with Crippen molar-refractivity contribution in [3.63, 3.8) is 0 Å². The van der Waals surface area contributed by atoms with Gasteiger partial charge in [0.1, 0.15) is 5.15 Å². The van der Waals surface area contributed by atoms with Gasteiger partial charge >= 0.3 is 0 Å². The first-order valence-corrected chi connectivity index (χ1v) is 5.25. The molecule has 0 spiro atoms. The molecule has 0 bridgehead atoms. The van der Waals surface area contributed by atoms with E-state index in [9.17, 15) is 10.1 Å². The molecule has 0 unspecified atom stereocenters. The molecule has 0 aliphatic rings. The van der Waals surface area contributed by atoms with E-state index in [1.54, 1.807) is 12.3 Å². The molecular formula is C9H10ClN3O2S. The number of pyridine rings is 1. The summed E-state index contributed by atoms with van der Waals surface area (Å²) in [6.45, 7) is 0.895. The zero-order valence-electron chi connectivity index (χ0n) is 8.26. The highest BCUT2D eigenvalue weighted by Gasteiger charge is 1.98. The molecule has 0 radical (unpaired) electrons. The smallest absolute Gasteiger partial charge is 0.244 e. The number of nitrogens with zero attached hydrogens (tertiary/aromatic N) is 2. The quantitative estimate of drug-likeness (QED) is 0.367. The average molecular weight is 260 g/mol. The van der Waals surface area contributed by atoms with E-state index in [4.69, 9.17) is 11.6 Å². The number of aromatic nitrogens is 1. The minimum absolute atomic E-state index is 0.340. The van der Waals surface area contributed by atoms with Gasteiger partial charge in [-0.1, -0.05) is 17.7 Å². The molecule has 0 aliphatic heterocycles. The molecule has 1 heterocycles. The highest BCUT2D eigenvalue weighted by Crippen LogP contribution is 2.05. The highest BCUT2D eigenvalue weighted by molar-refractivity contribution is 7.84. The van der Waals surface area contributed by atoms with E-state index >= 15 is 0 Å². The molecule has 86 valence electrons. The monoisotopic (exact) mass is 259 g/mol. The maximum Gasteiger partial charge on any atom is 0.244 e. The molecule has 1 aromatic heterocycles. The minimum atomic E-state index is -0.534. The predicted molar refractivity (Wildman–Crippen MR) is 65.0 cm³/mol. The van der Waals surface area contributed by atoms with Gasteiger partial charge in [0.25, 0.3) is 0 Å². The van der Waals surface area contributed by atoms with Gasteiger partial charge in [-0.15, -0.1) is 12.6 Å². The molecule has 0 aromatic carbocycles. The van der Waals surface area contributed by atoms with Crippen LogP contribution in [0.3, 0.4) is 0 Å². The van der Waals surface area contributed by atoms with Gasteiger partial charge in [-0.05, 0) is 11.6 Å². The summed E-state index contributed by atoms with van der Waals surface area (Å²) in [5.41, 5.74) is 0.951. The Morgan fingerprint density at radius 3 is 3.00 bits per heavy atom. The fraction of sp³-hybridized carbons (Fsp3) is 0.222. The van der Waals surface area contributed by atoms with Crippen molar-refractivity contribution >= 4 is 24.2 Å². The lowest BCUT2D eigenvalue weighted by atomic mass is 10.3. The van der Waals surface area contributed by atoms with Gasteiger partial charge in [-0.25, -0.2) is 4.98 Å². The number of nitro groups is 1. The van der Waals surface area contributed by atoms with Crippen LogP contribution in [0.2, 0.25) is 5.15 Å². The summed E-state index contributed by atoms with van der Waals surface area (Å²) in [6, 6.07) is 3.52. The standard InChI is InChI=1S/C9H10ClN3O2S/c10-9-2-1-7(4-12-9)3-11-5-8(16)6-13(14)15/h1-2,4,6,11,16H,3,5H2. The Kier molecular flexibility index (Phi) is 5.24. The van der Waals surface area contributed by atoms with E-state index in [0.717, 1.165) is 11.8 Å². The fourth-order valence-electron chi connectivity index (χ4n) is 1.01. The van der Waals surface area contributed by atoms with Crippen molar-refractivity contribution in [2.75, 3.05) is 6.54 Å². The SMILES string of the molecule is O=[N+]([O-])C=C(S)CNCc1ccc(Cl)nc1. The van der Waals surface area contributed by atoms with E-state index in [1.807, 2.05) is 6.07 Å². The Hall–Kier alpha value is -1.11. The molecular weight excluding hydrogens is 250 g/mol. The van der Waals surface area contributed by atoms with E-state index in [2.05, 4.69) is 22.9 Å². The molecule has 0 amide bonds. The lowest BCUT2D eigenvalue weighted by Crippen LogP contribution is -2.15. The number of nitrogens with one attached hydrogen (secondary N) is 1. The van der Waals surface area contributed by atoms with Gasteiger partial charge in [0.2, 0.25) is 6.20 Å². The Bertz CT molecular complexity index is 394. The molecule has 1 rings (SSSR count). The third kappa shape index (κ3) is 5.11. The van der Waals surface area contributed by atoms with E-state index < -0.39 is 4.92 Å². The van der Waals surface area contributed by atoms with Crippen molar-refractivity contribution < 1.29 is 4.92 Å². The zero-order valence-corrected chi connectivity index (χ0v) is 9.91. The normalized spacial score (nSPS) is 11.5. The van der Waals surface area contributed by atoms with Crippen LogP contribution in [0.1, 0.15) is 5.56 Å². The summed E-state index contributed by atoms with van der Waals surface area (Å²) >= 11 is 9.58. The Labute approximate surface area is 103 Å². The average Bonchev–Trinajstić information content (AvgIpc) is 2.20. The molecule has 1 N–H and O–H groups in total. The first kappa shape index (κ1) is 13.0. The van der Waals surface area contributed by atoms with Crippen LogP contribution in [0.15, 0.2) is 29.4 Å². The summed E-state index contributed by atoms with van der Waals surface area (Å²) in [4.78, 5) is 13.9. The van der Waals surface area contributed by atoms with Crippen molar-refractivity contribution in [1.82, 2.24) is 10.3 Å². The van der Waals surface area contributed by atoms with Crippen LogP contribution in [0, 0.1) is 10.1 Å². The van der Waals surface area contributed by atoms with Crippen LogP contribution < -0.4 is 5.32 Å². The van der Waals surface area contributed by atoms with Crippen molar-refractivity contribution in [3.05, 3.63) is 50.3 Å². The van der Waals surface area contributed by atoms with Gasteiger partial charge in [0.05, 0.1) is 9.83 Å². The summed E-state index contributed by atoms with van der Waals surface area (Å²) < 4.78 is 0. The Morgan fingerprint density at radius 1 is 1.69 bits per heavy atom. The first-order chi connectivity index (χ1) is 7.58. The second-order valence-electron chi connectivity index (χ2n) is 3.00. The van der Waals surface area contributed by atoms with Crippen LogP contribution in [0.25, 0.3) is 0 Å². The fourth-order valence-corrected chi connectivity index (χ4v) is 1.33. The van der Waals surface area contributed by atoms with E-state index in [1.165, 1.54) is 0 Å². The van der Waals surface area contributed by atoms with E-state index in [0.29, 0.717) is 23.1 Å². The molecule has 1 aromatic rings. The van der Waals surface area contributed by atoms with Crippen molar-refractivity contribution in [2.24, 2.45) is 0 Å². The summed E-state index contributed by atoms with van der Waals surface area (Å²) in [7, 11) is 0. The summed E-state index contributed by atoms with van der Waals surface area (Å²) in [5.74, 6) is 0. The van der Waals surface area contributed by atoms with Gasteiger partial charge in [-0.2, -0.15) is 0 Å². The van der Waals surface area contributed by atoms with Gasteiger partial charge < -0.3 is 5.32 Å². The lowest BCUT2D eigenvalue weighted by Gasteiger charge is -2.02. The predicted octanol–water partition coefficient (Wildman–Crippen LogP) is 1.87. The second kappa shape index (κ2) is 6.47. The van der Waals surface area contributed by atoms with E-state index in [-0.39, 0.29) is 0 Å². The molecule has 0 aliphatic carbocycles. The van der Waals surface area contributed by atoms with Gasteiger partial charge in [0, 0.05) is 19.3 Å². The highest BCUT2D eigenvalue weighted by atomic mass is 35.5. The number of rotatable bonds is 5. The first-order valence-electron chi connectivity index (χ1n) is 4.42. The van der Waals surface area contributed by atoms with Crippen LogP contribution in [-0.2, 0) is 6.54 Å². The van der Waals surface area contributed by atoms with Crippen LogP contribution in [0.4, 0.5) is 0 Å². The van der Waals surface area contributed by atoms with Gasteiger partial charge in [0.15, 0.2) is 0 Å². The summed E-state index contributed by atoms with van der Waals surface area (Å²) in [5, 5.41) is 13.5. The third-order valence-corrected chi connectivity index (χ3v) is 2.18. The molecule has 0 fully saturated rings. The van der Waals surface area contributed by atoms with Crippen molar-refractivity contribution in [2.45, 2.75) is 6.54 Å². The minimum Gasteiger partial charge on any atom is -0.308 e. The number of hydrogen-bond acceptors (Lipinski definition) is 5. The Morgan fingerprint density at radius 2 is 2.44 bits per heavy atom. The van der Waals surface area contributed by atoms with Crippen molar-refractivity contribution in [1.29, 1.82) is 0 Å². The molecule has 7 heteroatoms. The van der Waals surface area contributed by atoms with Gasteiger partial charge in [-0.3, -0.25) is 10.1 Å². The summed E-state index contributed by atoms with van der Waals surface area (Å²) in [6.07, 6.45) is 2.50.